The van der Waals surface area contributed by atoms with E-state index in [4.69, 9.17) is 0 Å². The molecule has 0 bridgehead atoms. The Balaban J connectivity index is 2.89. The summed E-state index contributed by atoms with van der Waals surface area (Å²) in [5, 5.41) is 18.4. The molecule has 0 radical (unpaired) electrons. The molecule has 0 spiro atoms. The molecule has 0 aliphatic rings. The number of benzene rings is 1. The minimum absolute atomic E-state index is 0.193. The molecule has 0 aliphatic heterocycles. The Morgan fingerprint density at radius 3 is 1.92 bits per heavy atom. The molecule has 1 aromatic rings. The largest absolute Gasteiger partial charge is 0.368 e. The molecule has 0 heterocycles. The lowest BCUT2D eigenvalue weighted by Gasteiger charge is -2.22. The second kappa shape index (κ2) is 4.40. The standard InChI is InChI=1S/C11H16O2/c1-8(2)10(11(12)13)9-6-4-3-5-7-9/h3-8,10-13H,1-2H3. The van der Waals surface area contributed by atoms with E-state index in [1.165, 1.54) is 0 Å². The smallest absolute Gasteiger partial charge is 0.158 e. The topological polar surface area (TPSA) is 40.5 Å². The molecule has 1 unspecified atom stereocenters. The fourth-order valence-electron chi connectivity index (χ4n) is 1.58. The highest BCUT2D eigenvalue weighted by Crippen LogP contribution is 2.26. The van der Waals surface area contributed by atoms with E-state index < -0.39 is 6.29 Å². The van der Waals surface area contributed by atoms with Gasteiger partial charge in [-0.05, 0) is 11.5 Å². The van der Waals surface area contributed by atoms with Gasteiger partial charge in [0, 0.05) is 5.92 Å². The number of hydrogen-bond donors (Lipinski definition) is 2. The van der Waals surface area contributed by atoms with Crippen molar-refractivity contribution in [3.8, 4) is 0 Å². The van der Waals surface area contributed by atoms with Crippen molar-refractivity contribution in [2.45, 2.75) is 26.1 Å². The van der Waals surface area contributed by atoms with E-state index in [1.807, 2.05) is 44.2 Å². The average molecular weight is 180 g/mol. The van der Waals surface area contributed by atoms with Crippen LogP contribution in [0.4, 0.5) is 0 Å². The Bertz CT molecular complexity index is 234. The first kappa shape index (κ1) is 10.2. The van der Waals surface area contributed by atoms with E-state index in [0.717, 1.165) is 5.56 Å². The van der Waals surface area contributed by atoms with E-state index in [-0.39, 0.29) is 11.8 Å². The predicted octanol–water partition coefficient (Wildman–Crippen LogP) is 1.74. The molecule has 1 rings (SSSR count). The second-order valence-electron chi connectivity index (χ2n) is 3.59. The fourth-order valence-corrected chi connectivity index (χ4v) is 1.58. The summed E-state index contributed by atoms with van der Waals surface area (Å²) in [6.07, 6.45) is -1.28. The summed E-state index contributed by atoms with van der Waals surface area (Å²) in [5.41, 5.74) is 0.979. The van der Waals surface area contributed by atoms with Crippen molar-refractivity contribution in [2.75, 3.05) is 0 Å². The second-order valence-corrected chi connectivity index (χ2v) is 3.59. The summed E-state index contributed by atoms with van der Waals surface area (Å²) in [6, 6.07) is 9.58. The number of aliphatic hydroxyl groups excluding tert-OH is 1. The molecular weight excluding hydrogens is 164 g/mol. The maximum Gasteiger partial charge on any atom is 0.158 e. The van der Waals surface area contributed by atoms with E-state index in [2.05, 4.69) is 0 Å². The summed E-state index contributed by atoms with van der Waals surface area (Å²) in [5.74, 6) is 0.0311. The van der Waals surface area contributed by atoms with Gasteiger partial charge in [-0.1, -0.05) is 44.2 Å². The van der Waals surface area contributed by atoms with E-state index in [1.54, 1.807) is 0 Å². The molecule has 0 amide bonds. The summed E-state index contributed by atoms with van der Waals surface area (Å²) < 4.78 is 0. The van der Waals surface area contributed by atoms with Gasteiger partial charge in [0.05, 0.1) is 0 Å². The van der Waals surface area contributed by atoms with Crippen molar-refractivity contribution >= 4 is 0 Å². The zero-order valence-corrected chi connectivity index (χ0v) is 8.01. The zero-order chi connectivity index (χ0) is 9.84. The third-order valence-corrected chi connectivity index (χ3v) is 2.22. The average Bonchev–Trinajstić information content (AvgIpc) is 2.04. The van der Waals surface area contributed by atoms with Crippen LogP contribution in [-0.4, -0.2) is 16.5 Å². The summed E-state index contributed by atoms with van der Waals surface area (Å²) in [4.78, 5) is 0. The predicted molar refractivity (Wildman–Crippen MR) is 52.2 cm³/mol. The third kappa shape index (κ3) is 2.54. The quantitative estimate of drug-likeness (QED) is 0.695. The van der Waals surface area contributed by atoms with Crippen molar-refractivity contribution in [3.63, 3.8) is 0 Å². The highest BCUT2D eigenvalue weighted by Gasteiger charge is 2.21. The van der Waals surface area contributed by atoms with Crippen LogP contribution in [0.3, 0.4) is 0 Å². The van der Waals surface area contributed by atoms with Crippen molar-refractivity contribution in [1.29, 1.82) is 0 Å². The molecule has 0 fully saturated rings. The number of hydrogen-bond acceptors (Lipinski definition) is 2. The molecule has 1 atom stereocenters. The Hall–Kier alpha value is -0.860. The molecule has 2 N–H and O–H groups in total. The third-order valence-electron chi connectivity index (χ3n) is 2.22. The molecule has 0 saturated carbocycles. The molecule has 2 heteroatoms. The molecule has 13 heavy (non-hydrogen) atoms. The lowest BCUT2D eigenvalue weighted by Crippen LogP contribution is -2.22. The van der Waals surface area contributed by atoms with Gasteiger partial charge in [-0.15, -0.1) is 0 Å². The van der Waals surface area contributed by atoms with Crippen LogP contribution in [0.1, 0.15) is 25.3 Å². The van der Waals surface area contributed by atoms with Gasteiger partial charge in [0.2, 0.25) is 0 Å². The first-order chi connectivity index (χ1) is 6.13. The molecule has 0 aliphatic carbocycles. The minimum Gasteiger partial charge on any atom is -0.368 e. The SMILES string of the molecule is CC(C)C(c1ccccc1)C(O)O. The minimum atomic E-state index is -1.28. The van der Waals surface area contributed by atoms with E-state index in [9.17, 15) is 10.2 Å². The summed E-state index contributed by atoms with van der Waals surface area (Å²) in [6.45, 7) is 3.97. The van der Waals surface area contributed by atoms with Gasteiger partial charge >= 0.3 is 0 Å². The van der Waals surface area contributed by atoms with Gasteiger partial charge in [-0.3, -0.25) is 0 Å². The number of aliphatic hydroxyl groups is 2. The summed E-state index contributed by atoms with van der Waals surface area (Å²) in [7, 11) is 0. The van der Waals surface area contributed by atoms with Crippen LogP contribution in [0, 0.1) is 5.92 Å². The highest BCUT2D eigenvalue weighted by molar-refractivity contribution is 5.20. The maximum absolute atomic E-state index is 9.19. The van der Waals surface area contributed by atoms with Crippen molar-refractivity contribution in [3.05, 3.63) is 35.9 Å². The van der Waals surface area contributed by atoms with Crippen LogP contribution in [0.25, 0.3) is 0 Å². The highest BCUT2D eigenvalue weighted by atomic mass is 16.5. The number of rotatable bonds is 3. The van der Waals surface area contributed by atoms with Crippen LogP contribution in [0.5, 0.6) is 0 Å². The fraction of sp³-hybridized carbons (Fsp3) is 0.455. The van der Waals surface area contributed by atoms with Gasteiger partial charge in [0.1, 0.15) is 0 Å². The van der Waals surface area contributed by atoms with Gasteiger partial charge in [0.25, 0.3) is 0 Å². The van der Waals surface area contributed by atoms with Crippen LogP contribution >= 0.6 is 0 Å². The molecule has 0 saturated heterocycles. The lowest BCUT2D eigenvalue weighted by atomic mass is 9.88. The molecule has 72 valence electrons. The van der Waals surface area contributed by atoms with Gasteiger partial charge in [0.15, 0.2) is 6.29 Å². The first-order valence-electron chi connectivity index (χ1n) is 4.54. The van der Waals surface area contributed by atoms with Gasteiger partial charge in [-0.25, -0.2) is 0 Å². The van der Waals surface area contributed by atoms with E-state index >= 15 is 0 Å². The van der Waals surface area contributed by atoms with Crippen molar-refractivity contribution < 1.29 is 10.2 Å². The van der Waals surface area contributed by atoms with Crippen LogP contribution in [0.15, 0.2) is 30.3 Å². The van der Waals surface area contributed by atoms with Crippen LogP contribution < -0.4 is 0 Å². The van der Waals surface area contributed by atoms with Gasteiger partial charge in [-0.2, -0.15) is 0 Å². The van der Waals surface area contributed by atoms with E-state index in [0.29, 0.717) is 0 Å². The Morgan fingerprint density at radius 2 is 1.54 bits per heavy atom. The summed E-state index contributed by atoms with van der Waals surface area (Å²) >= 11 is 0. The van der Waals surface area contributed by atoms with Crippen molar-refractivity contribution in [2.24, 2.45) is 5.92 Å². The monoisotopic (exact) mass is 180 g/mol. The Morgan fingerprint density at radius 1 is 1.00 bits per heavy atom. The van der Waals surface area contributed by atoms with Gasteiger partial charge < -0.3 is 10.2 Å². The lowest BCUT2D eigenvalue weighted by molar-refractivity contribution is -0.0702. The molecule has 0 aromatic heterocycles. The maximum atomic E-state index is 9.19. The van der Waals surface area contributed by atoms with Crippen LogP contribution in [-0.2, 0) is 0 Å². The normalized spacial score (nSPS) is 13.7. The molecular formula is C11H16O2. The van der Waals surface area contributed by atoms with Crippen LogP contribution in [0.2, 0.25) is 0 Å². The first-order valence-corrected chi connectivity index (χ1v) is 4.54. The molecule has 2 nitrogen and oxygen atoms in total. The van der Waals surface area contributed by atoms with Crippen molar-refractivity contribution in [1.82, 2.24) is 0 Å². The molecule has 1 aromatic carbocycles. The zero-order valence-electron chi connectivity index (χ0n) is 8.01. The Kier molecular flexibility index (Phi) is 3.46. The Labute approximate surface area is 78.8 Å².